The van der Waals surface area contributed by atoms with E-state index in [2.05, 4.69) is 42.6 Å². The molecule has 2 atom stereocenters. The van der Waals surface area contributed by atoms with Gasteiger partial charge in [-0.3, -0.25) is 0 Å². The van der Waals surface area contributed by atoms with E-state index in [1.165, 1.54) is 24.8 Å². The van der Waals surface area contributed by atoms with E-state index in [-0.39, 0.29) is 0 Å². The standard InChI is InChI=1S/C14H21NO/c1-12(13-7-3-2-4-8-13)15-11-14-9-5-6-10-16-14/h2-4,7-8,12,14-15H,5-6,9-11H2,1H3. The van der Waals surface area contributed by atoms with Crippen LogP contribution in [0.2, 0.25) is 0 Å². The van der Waals surface area contributed by atoms with Gasteiger partial charge in [-0.25, -0.2) is 0 Å². The van der Waals surface area contributed by atoms with E-state index in [1.807, 2.05) is 0 Å². The maximum absolute atomic E-state index is 5.70. The first kappa shape index (κ1) is 11.6. The van der Waals surface area contributed by atoms with Crippen molar-refractivity contribution in [3.63, 3.8) is 0 Å². The first-order chi connectivity index (χ1) is 7.86. The topological polar surface area (TPSA) is 21.3 Å². The Bertz CT molecular complexity index is 293. The van der Waals surface area contributed by atoms with Crippen LogP contribution in [0.3, 0.4) is 0 Å². The van der Waals surface area contributed by atoms with E-state index in [1.54, 1.807) is 0 Å². The third-order valence-electron chi connectivity index (χ3n) is 3.23. The normalized spacial score (nSPS) is 22.9. The second-order valence-electron chi connectivity index (χ2n) is 4.53. The van der Waals surface area contributed by atoms with E-state index in [4.69, 9.17) is 4.74 Å². The van der Waals surface area contributed by atoms with Crippen LogP contribution < -0.4 is 5.32 Å². The second-order valence-corrected chi connectivity index (χ2v) is 4.53. The SMILES string of the molecule is CC(NCC1CCCCO1)c1ccccc1. The van der Waals surface area contributed by atoms with Crippen LogP contribution in [0, 0.1) is 0 Å². The van der Waals surface area contributed by atoms with Crippen molar-refractivity contribution in [2.75, 3.05) is 13.2 Å². The number of nitrogens with one attached hydrogen (secondary N) is 1. The molecule has 2 unspecified atom stereocenters. The monoisotopic (exact) mass is 219 g/mol. The quantitative estimate of drug-likeness (QED) is 0.840. The van der Waals surface area contributed by atoms with Gasteiger partial charge in [-0.15, -0.1) is 0 Å². The maximum Gasteiger partial charge on any atom is 0.0699 e. The molecule has 0 bridgehead atoms. The average Bonchev–Trinajstić information content (AvgIpc) is 2.38. The average molecular weight is 219 g/mol. The second kappa shape index (κ2) is 6.02. The van der Waals surface area contributed by atoms with Gasteiger partial charge >= 0.3 is 0 Å². The van der Waals surface area contributed by atoms with Crippen LogP contribution >= 0.6 is 0 Å². The molecule has 1 aliphatic rings. The Morgan fingerprint density at radius 3 is 2.81 bits per heavy atom. The number of rotatable bonds is 4. The van der Waals surface area contributed by atoms with Crippen LogP contribution in [0.4, 0.5) is 0 Å². The highest BCUT2D eigenvalue weighted by molar-refractivity contribution is 5.17. The summed E-state index contributed by atoms with van der Waals surface area (Å²) in [5, 5.41) is 3.54. The van der Waals surface area contributed by atoms with Crippen LogP contribution in [0.5, 0.6) is 0 Å². The van der Waals surface area contributed by atoms with Crippen LogP contribution in [0.25, 0.3) is 0 Å². The molecule has 1 heterocycles. The van der Waals surface area contributed by atoms with Crippen molar-refractivity contribution in [1.29, 1.82) is 0 Å². The van der Waals surface area contributed by atoms with Crippen molar-refractivity contribution >= 4 is 0 Å². The molecule has 1 fully saturated rings. The molecule has 1 aliphatic heterocycles. The smallest absolute Gasteiger partial charge is 0.0699 e. The van der Waals surface area contributed by atoms with Crippen LogP contribution in [0.15, 0.2) is 30.3 Å². The number of hydrogen-bond donors (Lipinski definition) is 1. The summed E-state index contributed by atoms with van der Waals surface area (Å²) in [4.78, 5) is 0. The molecule has 0 spiro atoms. The summed E-state index contributed by atoms with van der Waals surface area (Å²) in [5.41, 5.74) is 1.35. The van der Waals surface area contributed by atoms with Gasteiger partial charge in [0.15, 0.2) is 0 Å². The molecule has 1 saturated heterocycles. The third kappa shape index (κ3) is 3.32. The van der Waals surface area contributed by atoms with E-state index < -0.39 is 0 Å². The molecule has 16 heavy (non-hydrogen) atoms. The van der Waals surface area contributed by atoms with Crippen molar-refractivity contribution in [2.24, 2.45) is 0 Å². The summed E-state index contributed by atoms with van der Waals surface area (Å²) in [7, 11) is 0. The van der Waals surface area contributed by atoms with Crippen LogP contribution in [-0.4, -0.2) is 19.3 Å². The van der Waals surface area contributed by atoms with Gasteiger partial charge < -0.3 is 10.1 Å². The van der Waals surface area contributed by atoms with Gasteiger partial charge in [0.25, 0.3) is 0 Å². The lowest BCUT2D eigenvalue weighted by Crippen LogP contribution is -2.33. The molecule has 0 aliphatic carbocycles. The Morgan fingerprint density at radius 2 is 2.12 bits per heavy atom. The summed E-state index contributed by atoms with van der Waals surface area (Å²) in [6.45, 7) is 4.11. The van der Waals surface area contributed by atoms with Gasteiger partial charge in [-0.05, 0) is 31.7 Å². The molecule has 0 amide bonds. The highest BCUT2D eigenvalue weighted by Gasteiger charge is 2.14. The zero-order chi connectivity index (χ0) is 11.2. The van der Waals surface area contributed by atoms with Crippen molar-refractivity contribution in [3.8, 4) is 0 Å². The molecular weight excluding hydrogens is 198 g/mol. The van der Waals surface area contributed by atoms with Crippen molar-refractivity contribution in [3.05, 3.63) is 35.9 Å². The fourth-order valence-corrected chi connectivity index (χ4v) is 2.14. The van der Waals surface area contributed by atoms with Gasteiger partial charge in [0, 0.05) is 19.2 Å². The molecule has 1 aromatic carbocycles. The first-order valence-electron chi connectivity index (χ1n) is 6.26. The fraction of sp³-hybridized carbons (Fsp3) is 0.571. The predicted molar refractivity (Wildman–Crippen MR) is 66.5 cm³/mol. The fourth-order valence-electron chi connectivity index (χ4n) is 2.14. The Morgan fingerprint density at radius 1 is 1.31 bits per heavy atom. The number of hydrogen-bond acceptors (Lipinski definition) is 2. The Balaban J connectivity index is 1.77. The van der Waals surface area contributed by atoms with E-state index in [0.717, 1.165) is 13.2 Å². The number of ether oxygens (including phenoxy) is 1. The summed E-state index contributed by atoms with van der Waals surface area (Å²) in [6.07, 6.45) is 4.16. The molecule has 1 aromatic rings. The zero-order valence-electron chi connectivity index (χ0n) is 9.99. The van der Waals surface area contributed by atoms with E-state index >= 15 is 0 Å². The highest BCUT2D eigenvalue weighted by atomic mass is 16.5. The third-order valence-corrected chi connectivity index (χ3v) is 3.23. The Hall–Kier alpha value is -0.860. The molecule has 2 heteroatoms. The summed E-state index contributed by atoms with van der Waals surface area (Å²) >= 11 is 0. The first-order valence-corrected chi connectivity index (χ1v) is 6.26. The minimum absolute atomic E-state index is 0.409. The van der Waals surface area contributed by atoms with Gasteiger partial charge in [0.05, 0.1) is 6.10 Å². The lowest BCUT2D eigenvalue weighted by molar-refractivity contribution is 0.0156. The van der Waals surface area contributed by atoms with Crippen molar-refractivity contribution in [2.45, 2.75) is 38.3 Å². The molecule has 1 N–H and O–H groups in total. The summed E-state index contributed by atoms with van der Waals surface area (Å²) in [5.74, 6) is 0. The molecule has 2 rings (SSSR count). The minimum Gasteiger partial charge on any atom is -0.377 e. The molecule has 2 nitrogen and oxygen atoms in total. The van der Waals surface area contributed by atoms with E-state index in [0.29, 0.717) is 12.1 Å². The Labute approximate surface area is 98.0 Å². The Kier molecular flexibility index (Phi) is 4.37. The minimum atomic E-state index is 0.409. The largest absolute Gasteiger partial charge is 0.377 e. The maximum atomic E-state index is 5.70. The van der Waals surface area contributed by atoms with Crippen molar-refractivity contribution in [1.82, 2.24) is 5.32 Å². The predicted octanol–water partition coefficient (Wildman–Crippen LogP) is 2.91. The summed E-state index contributed by atoms with van der Waals surface area (Å²) in [6, 6.07) is 11.0. The number of benzene rings is 1. The zero-order valence-corrected chi connectivity index (χ0v) is 9.99. The molecule has 88 valence electrons. The molecule has 0 saturated carbocycles. The lowest BCUT2D eigenvalue weighted by Gasteiger charge is -2.24. The van der Waals surface area contributed by atoms with Gasteiger partial charge in [0.2, 0.25) is 0 Å². The summed E-state index contributed by atoms with van der Waals surface area (Å²) < 4.78 is 5.70. The molecule has 0 radical (unpaired) electrons. The molecular formula is C14H21NO. The van der Waals surface area contributed by atoms with Crippen LogP contribution in [0.1, 0.15) is 37.8 Å². The van der Waals surface area contributed by atoms with E-state index in [9.17, 15) is 0 Å². The van der Waals surface area contributed by atoms with Crippen LogP contribution in [-0.2, 0) is 4.74 Å². The lowest BCUT2D eigenvalue weighted by atomic mass is 10.1. The van der Waals surface area contributed by atoms with Crippen molar-refractivity contribution < 1.29 is 4.74 Å². The van der Waals surface area contributed by atoms with Gasteiger partial charge in [-0.1, -0.05) is 30.3 Å². The van der Waals surface area contributed by atoms with Gasteiger partial charge in [0.1, 0.15) is 0 Å². The van der Waals surface area contributed by atoms with Gasteiger partial charge in [-0.2, -0.15) is 0 Å². The highest BCUT2D eigenvalue weighted by Crippen LogP contribution is 2.15. The molecule has 0 aromatic heterocycles.